The van der Waals surface area contributed by atoms with E-state index in [4.69, 9.17) is 4.74 Å². The van der Waals surface area contributed by atoms with Crippen LogP contribution >= 0.6 is 11.3 Å². The number of aromatic hydroxyl groups is 1. The number of nitrogens with one attached hydrogen (secondary N) is 2. The van der Waals surface area contributed by atoms with Gasteiger partial charge in [-0.25, -0.2) is 9.78 Å². The number of carbonyl (C=O) groups excluding carboxylic acids is 1. The number of nitrogens with zero attached hydrogens (tertiary/aromatic N) is 1. The molecule has 0 radical (unpaired) electrons. The SMILES string of the molecule is Cc1nc(NC(=O)NC(C)Oc2ccc(O)cc2)sc1C. The van der Waals surface area contributed by atoms with Gasteiger partial charge in [0.1, 0.15) is 11.5 Å². The first-order valence-corrected chi connectivity index (χ1v) is 7.23. The predicted octanol–water partition coefficient (Wildman–Crippen LogP) is 3.01. The van der Waals surface area contributed by atoms with Crippen molar-refractivity contribution in [2.75, 3.05) is 5.32 Å². The maximum absolute atomic E-state index is 11.8. The molecular formula is C14H17N3O3S. The zero-order valence-corrected chi connectivity index (χ0v) is 12.8. The molecule has 1 aromatic carbocycles. The first-order valence-electron chi connectivity index (χ1n) is 6.41. The number of amides is 2. The Hall–Kier alpha value is -2.28. The molecule has 2 rings (SSSR count). The number of benzene rings is 1. The summed E-state index contributed by atoms with van der Waals surface area (Å²) in [7, 11) is 0. The van der Waals surface area contributed by atoms with Gasteiger partial charge in [-0.2, -0.15) is 0 Å². The van der Waals surface area contributed by atoms with Crippen molar-refractivity contribution < 1.29 is 14.6 Å². The summed E-state index contributed by atoms with van der Waals surface area (Å²) in [6.45, 7) is 5.56. The Kier molecular flexibility index (Phi) is 4.64. The Morgan fingerprint density at radius 1 is 1.33 bits per heavy atom. The van der Waals surface area contributed by atoms with Crippen molar-refractivity contribution in [2.45, 2.75) is 27.0 Å². The van der Waals surface area contributed by atoms with Gasteiger partial charge in [0.2, 0.25) is 0 Å². The molecule has 1 aromatic heterocycles. The number of carbonyl (C=O) groups is 1. The minimum Gasteiger partial charge on any atom is -0.508 e. The van der Waals surface area contributed by atoms with Gasteiger partial charge in [-0.05, 0) is 45.0 Å². The number of anilines is 1. The number of aryl methyl sites for hydroxylation is 2. The second kappa shape index (κ2) is 6.45. The fourth-order valence-corrected chi connectivity index (χ4v) is 2.41. The normalized spacial score (nSPS) is 11.8. The number of urea groups is 1. The molecule has 0 aliphatic rings. The van der Waals surface area contributed by atoms with E-state index in [2.05, 4.69) is 15.6 Å². The molecule has 6 nitrogen and oxygen atoms in total. The number of phenolic OH excluding ortho intramolecular Hbond substituents is 1. The quantitative estimate of drug-likeness (QED) is 0.758. The smallest absolute Gasteiger partial charge is 0.323 e. The van der Waals surface area contributed by atoms with Crippen molar-refractivity contribution in [1.29, 1.82) is 0 Å². The van der Waals surface area contributed by atoms with Gasteiger partial charge in [-0.3, -0.25) is 5.32 Å². The fourth-order valence-electron chi connectivity index (χ4n) is 1.60. The third-order valence-electron chi connectivity index (χ3n) is 2.73. The standard InChI is InChI=1S/C14H17N3O3S/c1-8-9(2)21-14(15-8)17-13(19)16-10(3)20-12-6-4-11(18)5-7-12/h4-7,10,18H,1-3H3,(H2,15,16,17,19). The first kappa shape index (κ1) is 15.1. The van der Waals surface area contributed by atoms with E-state index in [9.17, 15) is 9.90 Å². The number of rotatable bonds is 4. The third kappa shape index (κ3) is 4.35. The summed E-state index contributed by atoms with van der Waals surface area (Å²) in [5, 5.41) is 15.1. The number of thiazole rings is 1. The molecule has 1 atom stereocenters. The van der Waals surface area contributed by atoms with E-state index in [1.54, 1.807) is 19.1 Å². The Morgan fingerprint density at radius 3 is 2.57 bits per heavy atom. The molecule has 0 fully saturated rings. The molecule has 0 spiro atoms. The van der Waals surface area contributed by atoms with Crippen LogP contribution in [0.3, 0.4) is 0 Å². The molecule has 1 unspecified atom stereocenters. The molecule has 0 saturated carbocycles. The Balaban J connectivity index is 1.85. The lowest BCUT2D eigenvalue weighted by atomic mass is 10.3. The highest BCUT2D eigenvalue weighted by Crippen LogP contribution is 2.21. The highest BCUT2D eigenvalue weighted by Gasteiger charge is 2.11. The molecule has 112 valence electrons. The molecular weight excluding hydrogens is 290 g/mol. The molecule has 2 aromatic rings. The van der Waals surface area contributed by atoms with Crippen LogP contribution in [0.25, 0.3) is 0 Å². The van der Waals surface area contributed by atoms with E-state index >= 15 is 0 Å². The number of ether oxygens (including phenoxy) is 1. The van der Waals surface area contributed by atoms with Crippen molar-refractivity contribution in [3.05, 3.63) is 34.8 Å². The van der Waals surface area contributed by atoms with Gasteiger partial charge >= 0.3 is 6.03 Å². The minimum absolute atomic E-state index is 0.162. The molecule has 0 aliphatic heterocycles. The van der Waals surface area contributed by atoms with Crippen LogP contribution < -0.4 is 15.4 Å². The molecule has 2 amide bonds. The van der Waals surface area contributed by atoms with E-state index in [0.717, 1.165) is 10.6 Å². The van der Waals surface area contributed by atoms with E-state index < -0.39 is 6.23 Å². The van der Waals surface area contributed by atoms with Crippen molar-refractivity contribution in [3.8, 4) is 11.5 Å². The van der Waals surface area contributed by atoms with Crippen molar-refractivity contribution in [2.24, 2.45) is 0 Å². The topological polar surface area (TPSA) is 83.5 Å². The van der Waals surface area contributed by atoms with Gasteiger partial charge in [0, 0.05) is 4.88 Å². The van der Waals surface area contributed by atoms with Crippen LogP contribution in [-0.4, -0.2) is 22.3 Å². The highest BCUT2D eigenvalue weighted by atomic mass is 32.1. The number of phenols is 1. The van der Waals surface area contributed by atoms with E-state index in [0.29, 0.717) is 10.9 Å². The lowest BCUT2D eigenvalue weighted by Gasteiger charge is -2.16. The molecule has 21 heavy (non-hydrogen) atoms. The molecule has 0 saturated heterocycles. The van der Waals surface area contributed by atoms with Gasteiger partial charge in [0.05, 0.1) is 5.69 Å². The van der Waals surface area contributed by atoms with Crippen LogP contribution in [-0.2, 0) is 0 Å². The Morgan fingerprint density at radius 2 is 2.00 bits per heavy atom. The average molecular weight is 307 g/mol. The zero-order valence-electron chi connectivity index (χ0n) is 12.0. The number of hydrogen-bond donors (Lipinski definition) is 3. The van der Waals surface area contributed by atoms with Gasteiger partial charge in [0.25, 0.3) is 0 Å². The van der Waals surface area contributed by atoms with Gasteiger partial charge < -0.3 is 15.2 Å². The van der Waals surface area contributed by atoms with E-state index in [1.807, 2.05) is 13.8 Å². The second-order valence-corrected chi connectivity index (χ2v) is 5.72. The van der Waals surface area contributed by atoms with Crippen LogP contribution in [0.1, 0.15) is 17.5 Å². The van der Waals surface area contributed by atoms with Crippen LogP contribution in [0.2, 0.25) is 0 Å². The molecule has 0 aliphatic carbocycles. The maximum Gasteiger partial charge on any atom is 0.323 e. The first-order chi connectivity index (χ1) is 9.94. The van der Waals surface area contributed by atoms with Crippen LogP contribution in [0.15, 0.2) is 24.3 Å². The van der Waals surface area contributed by atoms with Crippen LogP contribution in [0.4, 0.5) is 9.93 Å². The minimum atomic E-state index is -0.517. The van der Waals surface area contributed by atoms with Crippen LogP contribution in [0.5, 0.6) is 11.5 Å². The summed E-state index contributed by atoms with van der Waals surface area (Å²) in [6.07, 6.45) is -0.517. The molecule has 1 heterocycles. The lowest BCUT2D eigenvalue weighted by Crippen LogP contribution is -2.39. The molecule has 7 heteroatoms. The number of hydrogen-bond acceptors (Lipinski definition) is 5. The summed E-state index contributed by atoms with van der Waals surface area (Å²) in [5.74, 6) is 0.719. The predicted molar refractivity (Wildman–Crippen MR) is 81.9 cm³/mol. The van der Waals surface area contributed by atoms with E-state index in [-0.39, 0.29) is 11.8 Å². The maximum atomic E-state index is 11.8. The van der Waals surface area contributed by atoms with Gasteiger partial charge in [0.15, 0.2) is 11.4 Å². The Bertz CT molecular complexity index is 605. The summed E-state index contributed by atoms with van der Waals surface area (Å²) < 4.78 is 5.51. The average Bonchev–Trinajstić information content (AvgIpc) is 2.70. The van der Waals surface area contributed by atoms with Crippen LogP contribution in [0, 0.1) is 13.8 Å². The Labute approximate surface area is 126 Å². The van der Waals surface area contributed by atoms with Gasteiger partial charge in [-0.1, -0.05) is 0 Å². The van der Waals surface area contributed by atoms with Gasteiger partial charge in [-0.15, -0.1) is 11.3 Å². The summed E-state index contributed by atoms with van der Waals surface area (Å²) in [4.78, 5) is 17.1. The summed E-state index contributed by atoms with van der Waals surface area (Å²) in [5.41, 5.74) is 0.906. The number of aromatic nitrogens is 1. The third-order valence-corrected chi connectivity index (χ3v) is 3.72. The van der Waals surface area contributed by atoms with Crippen molar-refractivity contribution in [1.82, 2.24) is 10.3 Å². The monoisotopic (exact) mass is 307 g/mol. The second-order valence-electron chi connectivity index (χ2n) is 4.51. The lowest BCUT2D eigenvalue weighted by molar-refractivity contribution is 0.183. The van der Waals surface area contributed by atoms with Crippen molar-refractivity contribution >= 4 is 22.5 Å². The highest BCUT2D eigenvalue weighted by molar-refractivity contribution is 7.15. The zero-order chi connectivity index (χ0) is 15.4. The van der Waals surface area contributed by atoms with Crippen molar-refractivity contribution in [3.63, 3.8) is 0 Å². The van der Waals surface area contributed by atoms with E-state index in [1.165, 1.54) is 23.5 Å². The fraction of sp³-hybridized carbons (Fsp3) is 0.286. The largest absolute Gasteiger partial charge is 0.508 e. The summed E-state index contributed by atoms with van der Waals surface area (Å²) in [6, 6.07) is 5.90. The molecule has 0 bridgehead atoms. The molecule has 3 N–H and O–H groups in total. The summed E-state index contributed by atoms with van der Waals surface area (Å²) >= 11 is 1.42.